The van der Waals surface area contributed by atoms with Gasteiger partial charge in [-0.25, -0.2) is 9.48 Å². The minimum Gasteiger partial charge on any atom is -0.472 e. The average molecular weight is 350 g/mol. The Bertz CT molecular complexity index is 716. The summed E-state index contributed by atoms with van der Waals surface area (Å²) in [6.45, 7) is 7.37. The predicted octanol–water partition coefficient (Wildman–Crippen LogP) is 2.22. The van der Waals surface area contributed by atoms with E-state index in [1.165, 1.54) is 9.58 Å². The zero-order valence-corrected chi connectivity index (χ0v) is 15.0. The normalized spacial score (nSPS) is 20.1. The maximum absolute atomic E-state index is 12.2. The van der Waals surface area contributed by atoms with Gasteiger partial charge in [0.2, 0.25) is 5.88 Å². The van der Waals surface area contributed by atoms with Crippen molar-refractivity contribution in [1.82, 2.24) is 14.7 Å². The summed E-state index contributed by atoms with van der Waals surface area (Å²) in [5.41, 5.74) is 9.01. The lowest BCUT2D eigenvalue weighted by atomic mass is 10.2. The second kappa shape index (κ2) is 7.02. The van der Waals surface area contributed by atoms with Crippen molar-refractivity contribution < 1.29 is 19.1 Å². The van der Waals surface area contributed by atoms with Crippen molar-refractivity contribution in [3.8, 4) is 5.88 Å². The molecule has 10 heteroatoms. The highest BCUT2D eigenvalue weighted by Crippen LogP contribution is 2.26. The number of azide groups is 1. The minimum absolute atomic E-state index is 0.177. The molecule has 1 amide bonds. The molecule has 1 saturated heterocycles. The second-order valence-electron chi connectivity index (χ2n) is 6.86. The highest BCUT2D eigenvalue weighted by molar-refractivity contribution is 5.80. The van der Waals surface area contributed by atoms with Crippen LogP contribution in [-0.4, -0.2) is 57.9 Å². The lowest BCUT2D eigenvalue weighted by molar-refractivity contribution is 0.0273. The summed E-state index contributed by atoms with van der Waals surface area (Å²) < 4.78 is 12.7. The van der Waals surface area contributed by atoms with Gasteiger partial charge in [0, 0.05) is 18.5 Å². The van der Waals surface area contributed by atoms with Gasteiger partial charge in [-0.1, -0.05) is 5.11 Å². The zero-order valence-electron chi connectivity index (χ0n) is 15.0. The number of aromatic nitrogens is 2. The summed E-state index contributed by atoms with van der Waals surface area (Å²) in [7, 11) is 1.65. The van der Waals surface area contributed by atoms with Crippen LogP contribution in [0.15, 0.2) is 5.11 Å². The quantitative estimate of drug-likeness (QED) is 0.356. The summed E-state index contributed by atoms with van der Waals surface area (Å²) in [5, 5.41) is 7.86. The number of aryl methyl sites for hydroxylation is 2. The van der Waals surface area contributed by atoms with Crippen LogP contribution in [-0.2, 0) is 11.8 Å². The van der Waals surface area contributed by atoms with Gasteiger partial charge in [-0.2, -0.15) is 5.10 Å². The Morgan fingerprint density at radius 2 is 2.12 bits per heavy atom. The van der Waals surface area contributed by atoms with Gasteiger partial charge >= 0.3 is 6.09 Å². The average Bonchev–Trinajstić information content (AvgIpc) is 3.00. The molecule has 1 aliphatic heterocycles. The topological polar surface area (TPSA) is 122 Å². The summed E-state index contributed by atoms with van der Waals surface area (Å²) in [6, 6.07) is -0.591. The molecule has 2 heterocycles. The Morgan fingerprint density at radius 3 is 2.68 bits per heavy atom. The first kappa shape index (κ1) is 18.6. The Morgan fingerprint density at radius 1 is 1.44 bits per heavy atom. The van der Waals surface area contributed by atoms with Crippen LogP contribution in [0.25, 0.3) is 10.4 Å². The van der Waals surface area contributed by atoms with Crippen LogP contribution < -0.4 is 4.74 Å². The van der Waals surface area contributed by atoms with E-state index < -0.39 is 23.8 Å². The number of hydrogen-bond acceptors (Lipinski definition) is 6. The van der Waals surface area contributed by atoms with Gasteiger partial charge in [-0.15, -0.1) is 0 Å². The van der Waals surface area contributed by atoms with Gasteiger partial charge in [-0.3, -0.25) is 4.79 Å². The molecule has 1 aliphatic rings. The van der Waals surface area contributed by atoms with Crippen molar-refractivity contribution >= 4 is 12.4 Å². The number of likely N-dealkylation sites (tertiary alicyclic amines) is 1. The van der Waals surface area contributed by atoms with Gasteiger partial charge in [0.15, 0.2) is 6.29 Å². The molecule has 0 bridgehead atoms. The van der Waals surface area contributed by atoms with Crippen LogP contribution in [0.1, 0.15) is 36.8 Å². The lowest BCUT2D eigenvalue weighted by Crippen LogP contribution is -2.36. The number of carbonyl (C=O) groups excluding carboxylic acids is 2. The summed E-state index contributed by atoms with van der Waals surface area (Å²) in [6.07, 6.45) is -0.439. The van der Waals surface area contributed by atoms with Gasteiger partial charge in [0.05, 0.1) is 23.8 Å². The van der Waals surface area contributed by atoms with E-state index in [2.05, 4.69) is 15.1 Å². The van der Waals surface area contributed by atoms with Crippen LogP contribution in [0.5, 0.6) is 5.88 Å². The molecule has 1 unspecified atom stereocenters. The molecular formula is C15H22N6O4. The Labute approximate surface area is 145 Å². The van der Waals surface area contributed by atoms with E-state index in [-0.39, 0.29) is 19.0 Å². The van der Waals surface area contributed by atoms with Crippen molar-refractivity contribution in [2.75, 3.05) is 13.1 Å². The van der Waals surface area contributed by atoms with E-state index in [4.69, 9.17) is 15.0 Å². The highest BCUT2D eigenvalue weighted by Gasteiger charge is 2.39. The molecule has 25 heavy (non-hydrogen) atoms. The van der Waals surface area contributed by atoms with E-state index in [9.17, 15) is 9.59 Å². The molecule has 0 radical (unpaired) electrons. The van der Waals surface area contributed by atoms with E-state index in [1.54, 1.807) is 34.7 Å². The Kier molecular flexibility index (Phi) is 5.22. The van der Waals surface area contributed by atoms with Gasteiger partial charge in [-0.05, 0) is 33.2 Å². The molecule has 1 aromatic heterocycles. The summed E-state index contributed by atoms with van der Waals surface area (Å²) >= 11 is 0. The monoisotopic (exact) mass is 350 g/mol. The largest absolute Gasteiger partial charge is 0.472 e. The molecule has 10 nitrogen and oxygen atoms in total. The number of ether oxygens (including phenoxy) is 2. The van der Waals surface area contributed by atoms with Crippen LogP contribution in [0.2, 0.25) is 0 Å². The molecule has 1 fully saturated rings. The van der Waals surface area contributed by atoms with Crippen LogP contribution >= 0.6 is 0 Å². The molecule has 1 aromatic rings. The van der Waals surface area contributed by atoms with Crippen LogP contribution in [0, 0.1) is 6.92 Å². The predicted molar refractivity (Wildman–Crippen MR) is 88.5 cm³/mol. The number of rotatable bonds is 4. The molecule has 0 saturated carbocycles. The first-order chi connectivity index (χ1) is 11.7. The van der Waals surface area contributed by atoms with Crippen molar-refractivity contribution in [2.45, 2.75) is 45.4 Å². The standard InChI is InChI=1S/C15H22N6O4/c1-9-10(8-22)13(20(5)18-9)24-12-7-21(6-11(12)17-19-16)14(23)25-15(2,3)4/h8,11-12H,6-7H2,1-5H3/t11-,12?/m1/s1. The van der Waals surface area contributed by atoms with Crippen molar-refractivity contribution in [1.29, 1.82) is 0 Å². The SMILES string of the molecule is Cc1nn(C)c(OC2CN(C(=O)OC(C)(C)C)C[C@H]2N=[N+]=[N-])c1C=O. The van der Waals surface area contributed by atoms with Gasteiger partial charge < -0.3 is 14.4 Å². The number of amides is 1. The molecule has 2 rings (SSSR count). The summed E-state index contributed by atoms with van der Waals surface area (Å²) in [5.74, 6) is 0.279. The molecule has 0 aromatic carbocycles. The van der Waals surface area contributed by atoms with Crippen molar-refractivity contribution in [2.24, 2.45) is 12.2 Å². The maximum Gasteiger partial charge on any atom is 0.410 e. The van der Waals surface area contributed by atoms with E-state index in [0.717, 1.165) is 0 Å². The maximum atomic E-state index is 12.2. The highest BCUT2D eigenvalue weighted by atomic mass is 16.6. The number of aldehydes is 1. The van der Waals surface area contributed by atoms with Gasteiger partial charge in [0.1, 0.15) is 11.7 Å². The third-order valence-electron chi connectivity index (χ3n) is 3.68. The fourth-order valence-corrected chi connectivity index (χ4v) is 2.60. The number of hydrogen-bond donors (Lipinski definition) is 0. The fourth-order valence-electron chi connectivity index (χ4n) is 2.60. The van der Waals surface area contributed by atoms with Crippen LogP contribution in [0.3, 0.4) is 0 Å². The summed E-state index contributed by atoms with van der Waals surface area (Å²) in [4.78, 5) is 27.8. The third-order valence-corrected chi connectivity index (χ3v) is 3.68. The smallest absolute Gasteiger partial charge is 0.410 e. The van der Waals surface area contributed by atoms with Crippen molar-refractivity contribution in [3.05, 3.63) is 21.7 Å². The number of nitrogens with zero attached hydrogens (tertiary/aromatic N) is 6. The van der Waals surface area contributed by atoms with E-state index in [1.807, 2.05) is 0 Å². The zero-order chi connectivity index (χ0) is 18.8. The minimum atomic E-state index is -0.631. The first-order valence-electron chi connectivity index (χ1n) is 7.84. The number of carbonyl (C=O) groups is 2. The van der Waals surface area contributed by atoms with E-state index in [0.29, 0.717) is 17.5 Å². The first-order valence-corrected chi connectivity index (χ1v) is 7.84. The molecule has 136 valence electrons. The molecular weight excluding hydrogens is 328 g/mol. The van der Waals surface area contributed by atoms with Crippen molar-refractivity contribution in [3.63, 3.8) is 0 Å². The van der Waals surface area contributed by atoms with E-state index >= 15 is 0 Å². The fraction of sp³-hybridized carbons (Fsp3) is 0.667. The second-order valence-corrected chi connectivity index (χ2v) is 6.86. The molecule has 0 spiro atoms. The molecule has 2 atom stereocenters. The molecule has 0 aliphatic carbocycles. The molecule has 0 N–H and O–H groups in total. The third kappa shape index (κ3) is 4.21. The Hall–Kier alpha value is -2.74. The lowest BCUT2D eigenvalue weighted by Gasteiger charge is -2.24. The Balaban J connectivity index is 2.20. The van der Waals surface area contributed by atoms with Crippen LogP contribution in [0.4, 0.5) is 4.79 Å². The van der Waals surface area contributed by atoms with Gasteiger partial charge in [0.25, 0.3) is 0 Å².